The molecule has 9 heavy (non-hydrogen) atoms. The topological polar surface area (TPSA) is 26.3 Å². The van der Waals surface area contributed by atoms with Crippen LogP contribution in [0, 0.1) is 12.5 Å². The van der Waals surface area contributed by atoms with Crippen LogP contribution in [0.4, 0.5) is 0 Å². The standard InChI is InChI=1S/C6H10O2.Y/c1-6(2)8-5-3-4-7;/h3-4H,5H2,1-2H3;/q-2;. The van der Waals surface area contributed by atoms with Crippen LogP contribution in [-0.4, -0.2) is 12.9 Å². The number of ether oxygens (including phenoxy) is 1. The molecule has 0 atom stereocenters. The summed E-state index contributed by atoms with van der Waals surface area (Å²) in [4.78, 5) is 9.64. The second-order valence-electron chi connectivity index (χ2n) is 1.59. The summed E-state index contributed by atoms with van der Waals surface area (Å²) in [5, 5.41) is 0. The van der Waals surface area contributed by atoms with Crippen molar-refractivity contribution in [2.24, 2.45) is 0 Å². The van der Waals surface area contributed by atoms with Crippen molar-refractivity contribution in [2.75, 3.05) is 6.61 Å². The zero-order valence-electron chi connectivity index (χ0n) is 5.76. The molecule has 0 bridgehead atoms. The van der Waals surface area contributed by atoms with Crippen LogP contribution in [0.5, 0.6) is 0 Å². The number of carbonyl (C=O) groups is 1. The van der Waals surface area contributed by atoms with E-state index < -0.39 is 0 Å². The maximum absolute atomic E-state index is 9.64. The molecular formula is C6H10O2Y-2. The molecule has 0 fully saturated rings. The van der Waals surface area contributed by atoms with Gasteiger partial charge in [-0.3, -0.25) is 0 Å². The van der Waals surface area contributed by atoms with E-state index in [1.54, 1.807) is 0 Å². The van der Waals surface area contributed by atoms with E-state index in [-0.39, 0.29) is 32.7 Å². The van der Waals surface area contributed by atoms with Crippen LogP contribution < -0.4 is 0 Å². The number of hydrogen-bond acceptors (Lipinski definition) is 2. The predicted octanol–water partition coefficient (Wildman–Crippen LogP) is 0.975. The average Bonchev–Trinajstić information content (AvgIpc) is 1.66. The summed E-state index contributed by atoms with van der Waals surface area (Å²) < 4.78 is 4.91. The van der Waals surface area contributed by atoms with Gasteiger partial charge in [-0.05, 0) is 6.29 Å². The molecule has 0 N–H and O–H groups in total. The van der Waals surface area contributed by atoms with Crippen LogP contribution in [0.2, 0.25) is 0 Å². The van der Waals surface area contributed by atoms with E-state index in [4.69, 9.17) is 4.74 Å². The second-order valence-corrected chi connectivity index (χ2v) is 1.59. The number of carbonyl (C=O) groups excluding carboxylic acids is 1. The van der Waals surface area contributed by atoms with E-state index in [2.05, 4.69) is 0 Å². The first-order chi connectivity index (χ1) is 3.77. The van der Waals surface area contributed by atoms with Crippen LogP contribution in [0.25, 0.3) is 0 Å². The van der Waals surface area contributed by atoms with Crippen LogP contribution >= 0.6 is 0 Å². The summed E-state index contributed by atoms with van der Waals surface area (Å²) in [6.45, 7) is 4.09. The molecule has 0 unspecified atom stereocenters. The van der Waals surface area contributed by atoms with Crippen LogP contribution in [0.1, 0.15) is 13.8 Å². The molecule has 0 aliphatic carbocycles. The Kier molecular flexibility index (Phi) is 11.8. The predicted molar refractivity (Wildman–Crippen MR) is 30.9 cm³/mol. The van der Waals surface area contributed by atoms with Gasteiger partial charge in [0.2, 0.25) is 0 Å². The minimum atomic E-state index is 0. The summed E-state index contributed by atoms with van der Waals surface area (Å²) in [6, 6.07) is 0. The Hall–Kier alpha value is 0.604. The Morgan fingerprint density at radius 2 is 2.22 bits per heavy atom. The van der Waals surface area contributed by atoms with E-state index in [9.17, 15) is 4.79 Å². The van der Waals surface area contributed by atoms with E-state index in [1.807, 2.05) is 13.8 Å². The first-order valence-electron chi connectivity index (χ1n) is 2.47. The van der Waals surface area contributed by atoms with Crippen LogP contribution in [-0.2, 0) is 42.2 Å². The third-order valence-corrected chi connectivity index (χ3v) is 0.564. The van der Waals surface area contributed by atoms with Crippen molar-refractivity contribution in [1.29, 1.82) is 0 Å². The minimum Gasteiger partial charge on any atom is -0.572 e. The van der Waals surface area contributed by atoms with Crippen molar-refractivity contribution in [3.63, 3.8) is 0 Å². The van der Waals surface area contributed by atoms with Gasteiger partial charge in [0, 0.05) is 32.7 Å². The van der Waals surface area contributed by atoms with Gasteiger partial charge >= 0.3 is 0 Å². The minimum absolute atomic E-state index is 0. The zero-order valence-corrected chi connectivity index (χ0v) is 8.59. The molecule has 0 rings (SSSR count). The molecule has 0 aromatic rings. The summed E-state index contributed by atoms with van der Waals surface area (Å²) in [5.41, 5.74) is 0. The average molecular weight is 203 g/mol. The van der Waals surface area contributed by atoms with Gasteiger partial charge in [-0.1, -0.05) is 6.61 Å². The molecule has 0 aromatic heterocycles. The summed E-state index contributed by atoms with van der Waals surface area (Å²) in [5.74, 6) is 0. The number of rotatable bonds is 4. The Balaban J connectivity index is 0. The zero-order chi connectivity index (χ0) is 6.41. The van der Waals surface area contributed by atoms with Gasteiger partial charge in [0.05, 0.1) is 0 Å². The second kappa shape index (κ2) is 8.60. The monoisotopic (exact) mass is 203 g/mol. The maximum Gasteiger partial charge on any atom is 0 e. The third-order valence-electron chi connectivity index (χ3n) is 0.564. The molecule has 0 aromatic carbocycles. The largest absolute Gasteiger partial charge is 0.572 e. The van der Waals surface area contributed by atoms with Crippen molar-refractivity contribution in [1.82, 2.24) is 0 Å². The smallest absolute Gasteiger partial charge is 0 e. The molecule has 0 amide bonds. The van der Waals surface area contributed by atoms with Gasteiger partial charge in [0.15, 0.2) is 0 Å². The first-order valence-corrected chi connectivity index (χ1v) is 2.47. The molecule has 0 saturated heterocycles. The number of aldehydes is 1. The van der Waals surface area contributed by atoms with Crippen molar-refractivity contribution in [3.05, 3.63) is 12.5 Å². The quantitative estimate of drug-likeness (QED) is 0.386. The molecule has 2 nitrogen and oxygen atoms in total. The molecule has 3 heteroatoms. The molecule has 0 saturated carbocycles. The molecule has 0 aliphatic rings. The van der Waals surface area contributed by atoms with Gasteiger partial charge in [0.1, 0.15) is 0 Å². The molecular weight excluding hydrogens is 193 g/mol. The fourth-order valence-corrected chi connectivity index (χ4v) is 0.254. The summed E-state index contributed by atoms with van der Waals surface area (Å²) in [6.07, 6.45) is 3.03. The van der Waals surface area contributed by atoms with Gasteiger partial charge in [-0.15, -0.1) is 0 Å². The first kappa shape index (κ1) is 12.3. The Bertz CT molecular complexity index is 64.1. The number of hydrogen-bond donors (Lipinski definition) is 0. The van der Waals surface area contributed by atoms with Gasteiger partial charge in [-0.25, -0.2) is 6.10 Å². The Morgan fingerprint density at radius 3 is 2.56 bits per heavy atom. The fraction of sp³-hybridized carbons (Fsp3) is 0.500. The van der Waals surface area contributed by atoms with Crippen LogP contribution in [0.15, 0.2) is 0 Å². The van der Waals surface area contributed by atoms with E-state index in [0.717, 1.165) is 12.4 Å². The third kappa shape index (κ3) is 11.9. The van der Waals surface area contributed by atoms with E-state index >= 15 is 0 Å². The molecule has 0 heterocycles. The fourth-order valence-electron chi connectivity index (χ4n) is 0.254. The van der Waals surface area contributed by atoms with Crippen molar-refractivity contribution in [2.45, 2.75) is 13.8 Å². The normalized spacial score (nSPS) is 8.33. The van der Waals surface area contributed by atoms with Crippen molar-refractivity contribution >= 4 is 6.29 Å². The van der Waals surface area contributed by atoms with Crippen molar-refractivity contribution in [3.8, 4) is 0 Å². The SMILES string of the molecule is C[C-](C)OC[CH-]C=O.[Y]. The molecule has 51 valence electrons. The summed E-state index contributed by atoms with van der Waals surface area (Å²) in [7, 11) is 0. The van der Waals surface area contributed by atoms with Crippen molar-refractivity contribution < 1.29 is 42.2 Å². The Morgan fingerprint density at radius 1 is 1.67 bits per heavy atom. The van der Waals surface area contributed by atoms with Gasteiger partial charge < -0.3 is 16.0 Å². The molecule has 0 aliphatic heterocycles. The summed E-state index contributed by atoms with van der Waals surface area (Å²) >= 11 is 0. The maximum atomic E-state index is 9.64. The molecule has 0 spiro atoms. The van der Waals surface area contributed by atoms with Gasteiger partial charge in [-0.2, -0.15) is 13.8 Å². The van der Waals surface area contributed by atoms with Gasteiger partial charge in [0.25, 0.3) is 0 Å². The van der Waals surface area contributed by atoms with Crippen LogP contribution in [0.3, 0.4) is 0 Å². The van der Waals surface area contributed by atoms with E-state index in [1.165, 1.54) is 6.42 Å². The van der Waals surface area contributed by atoms with E-state index in [0.29, 0.717) is 6.61 Å². The Labute approximate surface area is 81.2 Å². The molecule has 1 radical (unpaired) electrons.